The van der Waals surface area contributed by atoms with E-state index in [1.54, 1.807) is 36.4 Å². The topological polar surface area (TPSA) is 178 Å². The van der Waals surface area contributed by atoms with E-state index in [2.05, 4.69) is 16.0 Å². The number of benzene rings is 2. The van der Waals surface area contributed by atoms with Crippen molar-refractivity contribution in [3.8, 4) is 11.5 Å². The number of primary amides is 2. The summed E-state index contributed by atoms with van der Waals surface area (Å²) in [5.74, 6) is 0.462. The van der Waals surface area contributed by atoms with Gasteiger partial charge in [0.1, 0.15) is 30.8 Å². The number of urea groups is 1. The molecule has 0 saturated heterocycles. The van der Waals surface area contributed by atoms with E-state index in [4.69, 9.17) is 20.9 Å². The van der Waals surface area contributed by atoms with Gasteiger partial charge in [-0.05, 0) is 42.8 Å². The average molecular weight is 457 g/mol. The fourth-order valence-electron chi connectivity index (χ4n) is 3.30. The second-order valence-electron chi connectivity index (χ2n) is 7.41. The predicted molar refractivity (Wildman–Crippen MR) is 121 cm³/mol. The summed E-state index contributed by atoms with van der Waals surface area (Å²) >= 11 is 0. The summed E-state index contributed by atoms with van der Waals surface area (Å²) in [6, 6.07) is 9.02. The number of aliphatic hydroxyl groups excluding tert-OH is 1. The van der Waals surface area contributed by atoms with Gasteiger partial charge in [-0.3, -0.25) is 9.59 Å². The van der Waals surface area contributed by atoms with Crippen LogP contribution in [0.1, 0.15) is 22.3 Å². The molecule has 1 aliphatic rings. The van der Waals surface area contributed by atoms with Crippen LogP contribution < -0.4 is 36.9 Å². The van der Waals surface area contributed by atoms with E-state index < -0.39 is 18.0 Å². The van der Waals surface area contributed by atoms with Gasteiger partial charge in [-0.15, -0.1) is 0 Å². The highest BCUT2D eigenvalue weighted by molar-refractivity contribution is 6.02. The van der Waals surface area contributed by atoms with E-state index >= 15 is 0 Å². The van der Waals surface area contributed by atoms with Crippen LogP contribution in [0.2, 0.25) is 0 Å². The van der Waals surface area contributed by atoms with Crippen LogP contribution in [0, 0.1) is 0 Å². The summed E-state index contributed by atoms with van der Waals surface area (Å²) in [6.45, 7) is 1.17. The quantitative estimate of drug-likeness (QED) is 0.267. The van der Waals surface area contributed by atoms with Gasteiger partial charge < -0.3 is 42.0 Å². The second-order valence-corrected chi connectivity index (χ2v) is 7.41. The van der Waals surface area contributed by atoms with Gasteiger partial charge in [0.25, 0.3) is 0 Å². The second kappa shape index (κ2) is 11.2. The smallest absolute Gasteiger partial charge is 0.316 e. The lowest BCUT2D eigenvalue weighted by molar-refractivity contribution is -0.116. The van der Waals surface area contributed by atoms with Crippen LogP contribution in [0.25, 0.3) is 0 Å². The van der Waals surface area contributed by atoms with E-state index in [1.165, 1.54) is 0 Å². The fourth-order valence-corrected chi connectivity index (χ4v) is 3.30. The Morgan fingerprint density at radius 3 is 2.55 bits per heavy atom. The van der Waals surface area contributed by atoms with Crippen molar-refractivity contribution in [2.45, 2.75) is 18.9 Å². The molecule has 2 aromatic rings. The van der Waals surface area contributed by atoms with E-state index in [0.717, 1.165) is 5.56 Å². The van der Waals surface area contributed by atoms with Gasteiger partial charge in [0.05, 0.1) is 11.4 Å². The van der Waals surface area contributed by atoms with E-state index in [1.807, 2.05) is 0 Å². The van der Waals surface area contributed by atoms with Gasteiger partial charge in [0.15, 0.2) is 0 Å². The average Bonchev–Trinajstić information content (AvgIpc) is 2.78. The number of nitrogens with two attached hydrogens (primary N) is 2. The zero-order valence-corrected chi connectivity index (χ0v) is 17.9. The lowest BCUT2D eigenvalue weighted by Crippen LogP contribution is -2.34. The number of aliphatic hydroxyl groups is 1. The van der Waals surface area contributed by atoms with Gasteiger partial charge in [0.2, 0.25) is 11.8 Å². The van der Waals surface area contributed by atoms with Gasteiger partial charge in [0, 0.05) is 30.6 Å². The molecule has 1 atom stereocenters. The first-order valence-electron chi connectivity index (χ1n) is 10.4. The molecule has 0 radical (unpaired) electrons. The van der Waals surface area contributed by atoms with Crippen LogP contribution in [-0.2, 0) is 11.2 Å². The van der Waals surface area contributed by atoms with Gasteiger partial charge in [-0.1, -0.05) is 0 Å². The Kier molecular flexibility index (Phi) is 8.06. The summed E-state index contributed by atoms with van der Waals surface area (Å²) in [5, 5.41) is 18.5. The highest BCUT2D eigenvalue weighted by Crippen LogP contribution is 2.37. The van der Waals surface area contributed by atoms with Crippen molar-refractivity contribution in [3.05, 3.63) is 47.5 Å². The van der Waals surface area contributed by atoms with Crippen LogP contribution in [0.5, 0.6) is 11.5 Å². The van der Waals surface area contributed by atoms with Crippen molar-refractivity contribution in [1.82, 2.24) is 5.32 Å². The molecule has 11 heteroatoms. The third-order valence-electron chi connectivity index (χ3n) is 4.89. The van der Waals surface area contributed by atoms with Gasteiger partial charge in [-0.25, -0.2) is 4.79 Å². The molecule has 4 amide bonds. The minimum Gasteiger partial charge on any atom is -0.492 e. The van der Waals surface area contributed by atoms with Crippen LogP contribution in [0.15, 0.2) is 36.4 Å². The van der Waals surface area contributed by atoms with Crippen LogP contribution in [-0.4, -0.2) is 55.4 Å². The number of carbonyl (C=O) groups excluding carboxylic acids is 3. The molecule has 1 unspecified atom stereocenters. The van der Waals surface area contributed by atoms with Gasteiger partial charge >= 0.3 is 6.03 Å². The molecule has 33 heavy (non-hydrogen) atoms. The molecule has 2 aromatic carbocycles. The maximum atomic E-state index is 11.8. The number of hydrogen-bond acceptors (Lipinski definition) is 7. The Bertz CT molecular complexity index is 1010. The number of carbonyl (C=O) groups is 3. The van der Waals surface area contributed by atoms with Crippen molar-refractivity contribution in [1.29, 1.82) is 0 Å². The van der Waals surface area contributed by atoms with Crippen LogP contribution in [0.4, 0.5) is 16.2 Å². The molecule has 8 N–H and O–H groups in total. The SMILES string of the molecule is NC(=O)Nc1ccc(OCC(O)CNCCOc2ccc(C(N)=O)cc2)c2c1NC(=O)CC2. The highest BCUT2D eigenvalue weighted by Gasteiger charge is 2.23. The van der Waals surface area contributed by atoms with Crippen LogP contribution in [0.3, 0.4) is 0 Å². The molecular formula is C22H27N5O6. The Balaban J connectivity index is 1.43. The molecule has 0 fully saturated rings. The minimum absolute atomic E-state index is 0.0332. The molecular weight excluding hydrogens is 430 g/mol. The third-order valence-corrected chi connectivity index (χ3v) is 4.89. The Morgan fingerprint density at radius 1 is 1.09 bits per heavy atom. The predicted octanol–water partition coefficient (Wildman–Crippen LogP) is 0.569. The molecule has 0 aromatic heterocycles. The number of nitrogens with one attached hydrogen (secondary N) is 3. The lowest BCUT2D eigenvalue weighted by Gasteiger charge is -2.23. The van der Waals surface area contributed by atoms with E-state index in [-0.39, 0.29) is 19.1 Å². The zero-order chi connectivity index (χ0) is 23.8. The minimum atomic E-state index is -0.780. The van der Waals surface area contributed by atoms with Crippen molar-refractivity contribution < 1.29 is 29.0 Å². The first-order valence-corrected chi connectivity index (χ1v) is 10.4. The van der Waals surface area contributed by atoms with Gasteiger partial charge in [-0.2, -0.15) is 0 Å². The van der Waals surface area contributed by atoms with E-state index in [9.17, 15) is 19.5 Å². The first kappa shape index (κ1) is 23.8. The number of hydrogen-bond donors (Lipinski definition) is 6. The summed E-state index contributed by atoms with van der Waals surface area (Å²) in [6.07, 6.45) is -0.0487. The number of rotatable bonds is 11. The number of fused-ring (bicyclic) bond motifs is 1. The lowest BCUT2D eigenvalue weighted by atomic mass is 10.0. The monoisotopic (exact) mass is 457 g/mol. The summed E-state index contributed by atoms with van der Waals surface area (Å²) in [5.41, 5.74) is 12.4. The van der Waals surface area contributed by atoms with E-state index in [0.29, 0.717) is 54.4 Å². The first-order chi connectivity index (χ1) is 15.8. The number of ether oxygens (including phenoxy) is 2. The molecule has 11 nitrogen and oxygen atoms in total. The van der Waals surface area contributed by atoms with Crippen molar-refractivity contribution in [3.63, 3.8) is 0 Å². The molecule has 0 bridgehead atoms. The maximum absolute atomic E-state index is 11.8. The molecule has 1 aliphatic heterocycles. The van der Waals surface area contributed by atoms with Crippen molar-refractivity contribution >= 4 is 29.2 Å². The number of anilines is 2. The molecule has 3 rings (SSSR count). The summed E-state index contributed by atoms with van der Waals surface area (Å²) in [7, 11) is 0. The van der Waals surface area contributed by atoms with Crippen molar-refractivity contribution in [2.24, 2.45) is 11.5 Å². The standard InChI is InChI=1S/C22H27N5O6/c23-21(30)13-1-3-15(4-2-13)32-10-9-25-11-14(28)12-33-18-7-6-17(26-22(24)31)20-16(18)5-8-19(29)27-20/h1-4,6-7,14,25,28H,5,8-12H2,(H2,23,30)(H,27,29)(H3,24,26,31). The largest absolute Gasteiger partial charge is 0.492 e. The van der Waals surface area contributed by atoms with Crippen molar-refractivity contribution in [2.75, 3.05) is 36.9 Å². The molecule has 0 aliphatic carbocycles. The summed E-state index contributed by atoms with van der Waals surface area (Å²) < 4.78 is 11.3. The molecule has 0 spiro atoms. The highest BCUT2D eigenvalue weighted by atomic mass is 16.5. The molecule has 1 heterocycles. The Morgan fingerprint density at radius 2 is 1.85 bits per heavy atom. The fraction of sp³-hybridized carbons (Fsp3) is 0.318. The maximum Gasteiger partial charge on any atom is 0.316 e. The molecule has 0 saturated carbocycles. The Hall–Kier alpha value is -3.83. The van der Waals surface area contributed by atoms with Crippen LogP contribution >= 0.6 is 0 Å². The third kappa shape index (κ3) is 6.82. The Labute approximate surface area is 190 Å². The zero-order valence-electron chi connectivity index (χ0n) is 17.9. The summed E-state index contributed by atoms with van der Waals surface area (Å²) in [4.78, 5) is 34.0. The molecule has 176 valence electrons. The normalized spacial score (nSPS) is 13.4. The number of amides is 4.